The second kappa shape index (κ2) is 5.54. The molecule has 21 heavy (non-hydrogen) atoms. The molecule has 0 unspecified atom stereocenters. The first-order valence-electron chi connectivity index (χ1n) is 6.52. The second-order valence-electron chi connectivity index (χ2n) is 6.19. The summed E-state index contributed by atoms with van der Waals surface area (Å²) in [6, 6.07) is 3.24. The van der Waals surface area contributed by atoms with E-state index in [0.29, 0.717) is 5.56 Å². The van der Waals surface area contributed by atoms with Crippen LogP contribution in [0, 0.1) is 26.2 Å². The Morgan fingerprint density at radius 2 is 1.52 bits per heavy atom. The number of nitrogens with zero attached hydrogens (tertiary/aromatic N) is 2. The third kappa shape index (κ3) is 3.28. The second-order valence-corrected chi connectivity index (χ2v) is 8.02. The van der Waals surface area contributed by atoms with Crippen molar-refractivity contribution in [3.8, 4) is 0 Å². The number of sulfone groups is 1. The summed E-state index contributed by atoms with van der Waals surface area (Å²) in [7, 11) is -4.15. The van der Waals surface area contributed by atoms with E-state index in [0.717, 1.165) is 11.1 Å². The zero-order valence-electron chi connectivity index (χ0n) is 13.2. The van der Waals surface area contributed by atoms with E-state index in [4.69, 9.17) is 5.53 Å². The van der Waals surface area contributed by atoms with Crippen LogP contribution in [-0.4, -0.2) is 24.0 Å². The van der Waals surface area contributed by atoms with Crippen LogP contribution in [0.25, 0.3) is 5.53 Å². The summed E-state index contributed by atoms with van der Waals surface area (Å²) in [5.74, 6) is -0.720. The number of aryl methyl sites for hydroxylation is 3. The number of benzene rings is 1. The van der Waals surface area contributed by atoms with Crippen molar-refractivity contribution < 1.29 is 18.0 Å². The molecule has 0 aliphatic heterocycles. The topological polar surface area (TPSA) is 87.6 Å². The van der Waals surface area contributed by atoms with E-state index in [-0.39, 0.29) is 4.90 Å². The highest BCUT2D eigenvalue weighted by molar-refractivity contribution is 8.08. The Hall–Kier alpha value is -1.78. The molecule has 0 N–H and O–H groups in total. The van der Waals surface area contributed by atoms with Crippen LogP contribution >= 0.6 is 0 Å². The van der Waals surface area contributed by atoms with Crippen LogP contribution in [-0.2, 0) is 14.6 Å². The first-order chi connectivity index (χ1) is 9.42. The lowest BCUT2D eigenvalue weighted by Crippen LogP contribution is -2.35. The number of carbonyl (C=O) groups is 1. The van der Waals surface area contributed by atoms with Gasteiger partial charge in [-0.05, 0) is 43.5 Å². The highest BCUT2D eigenvalue weighted by Crippen LogP contribution is 2.25. The maximum Gasteiger partial charge on any atom is 0.452 e. The molecule has 5 nitrogen and oxygen atoms in total. The molecule has 1 aromatic carbocycles. The third-order valence-electron chi connectivity index (χ3n) is 3.30. The predicted molar refractivity (Wildman–Crippen MR) is 80.9 cm³/mol. The average molecular weight is 308 g/mol. The van der Waals surface area contributed by atoms with Crippen molar-refractivity contribution in [3.05, 3.63) is 34.4 Å². The fourth-order valence-corrected chi connectivity index (χ4v) is 3.55. The minimum Gasteiger partial charge on any atom is -0.360 e. The monoisotopic (exact) mass is 308 g/mol. The van der Waals surface area contributed by atoms with E-state index in [1.807, 2.05) is 6.92 Å². The quantitative estimate of drug-likeness (QED) is 0.364. The maximum absolute atomic E-state index is 12.6. The molecule has 0 aliphatic rings. The van der Waals surface area contributed by atoms with Gasteiger partial charge >= 0.3 is 5.04 Å². The van der Waals surface area contributed by atoms with Gasteiger partial charge in [0.2, 0.25) is 0 Å². The molecule has 0 aliphatic carbocycles. The van der Waals surface area contributed by atoms with Crippen LogP contribution in [0.1, 0.15) is 37.5 Å². The fraction of sp³-hybridized carbons (Fsp3) is 0.467. The van der Waals surface area contributed by atoms with E-state index < -0.39 is 26.1 Å². The molecule has 6 heteroatoms. The maximum atomic E-state index is 12.6. The number of hydrogen-bond acceptors (Lipinski definition) is 3. The van der Waals surface area contributed by atoms with Gasteiger partial charge in [-0.3, -0.25) is 4.79 Å². The highest BCUT2D eigenvalue weighted by atomic mass is 32.2. The summed E-state index contributed by atoms with van der Waals surface area (Å²) in [6.07, 6.45) is 0. The first-order valence-corrected chi connectivity index (χ1v) is 8.01. The fourth-order valence-electron chi connectivity index (χ4n) is 1.87. The summed E-state index contributed by atoms with van der Waals surface area (Å²) < 4.78 is 25.2. The van der Waals surface area contributed by atoms with Gasteiger partial charge in [-0.25, -0.2) is 8.42 Å². The lowest BCUT2D eigenvalue weighted by atomic mass is 9.91. The Bertz CT molecular complexity index is 750. The Labute approximate surface area is 125 Å². The lowest BCUT2D eigenvalue weighted by molar-refractivity contribution is -0.123. The van der Waals surface area contributed by atoms with Crippen molar-refractivity contribution >= 4 is 20.7 Å². The van der Waals surface area contributed by atoms with Crippen molar-refractivity contribution in [1.82, 2.24) is 0 Å². The number of Topliss-reactive ketones (excluding diaryl/α,β-unsaturated/α-hetero) is 1. The summed E-state index contributed by atoms with van der Waals surface area (Å²) >= 11 is 0. The van der Waals surface area contributed by atoms with Gasteiger partial charge in [0, 0.05) is 5.41 Å². The number of ketones is 1. The normalized spacial score (nSPS) is 11.9. The smallest absolute Gasteiger partial charge is 0.360 e. The van der Waals surface area contributed by atoms with Gasteiger partial charge in [0.1, 0.15) is 0 Å². The zero-order chi connectivity index (χ0) is 16.6. The molecular weight excluding hydrogens is 288 g/mol. The van der Waals surface area contributed by atoms with Crippen LogP contribution in [0.15, 0.2) is 17.0 Å². The largest absolute Gasteiger partial charge is 0.452 e. The minimum absolute atomic E-state index is 0.00370. The van der Waals surface area contributed by atoms with Gasteiger partial charge in [-0.15, -0.1) is 4.79 Å². The number of hydrogen-bond donors (Lipinski definition) is 0. The third-order valence-corrected chi connectivity index (χ3v) is 5.10. The van der Waals surface area contributed by atoms with E-state index in [1.54, 1.807) is 40.7 Å². The molecule has 0 amide bonds. The molecule has 0 radical (unpaired) electrons. The SMILES string of the molecule is Cc1cc(C)c(S(=O)(=O)C(=[N+]=[N-])C(=O)C(C)(C)C)cc1C. The molecule has 0 heterocycles. The van der Waals surface area contributed by atoms with Crippen molar-refractivity contribution in [2.45, 2.75) is 46.4 Å². The Balaban J connectivity index is 3.59. The highest BCUT2D eigenvalue weighted by Gasteiger charge is 2.43. The predicted octanol–water partition coefficient (Wildman–Crippen LogP) is 2.63. The molecule has 0 spiro atoms. The molecule has 0 saturated heterocycles. The van der Waals surface area contributed by atoms with Crippen molar-refractivity contribution in [2.24, 2.45) is 5.41 Å². The van der Waals surface area contributed by atoms with Crippen molar-refractivity contribution in [2.75, 3.05) is 0 Å². The van der Waals surface area contributed by atoms with Crippen LogP contribution in [0.2, 0.25) is 0 Å². The van der Waals surface area contributed by atoms with E-state index in [2.05, 4.69) is 4.79 Å². The van der Waals surface area contributed by atoms with Crippen molar-refractivity contribution in [1.29, 1.82) is 0 Å². The molecule has 1 aromatic rings. The lowest BCUT2D eigenvalue weighted by Gasteiger charge is -2.14. The standard InChI is InChI=1S/C15H20N2O3S/c1-9-7-11(3)12(8-10(9)2)21(19,20)14(17-16)13(18)15(4,5)6/h7-8H,1-6H3. The van der Waals surface area contributed by atoms with Gasteiger partial charge in [0.05, 0.1) is 4.90 Å². The van der Waals surface area contributed by atoms with E-state index in [9.17, 15) is 13.2 Å². The molecule has 0 atom stereocenters. The molecule has 0 saturated carbocycles. The van der Waals surface area contributed by atoms with E-state index in [1.165, 1.54) is 6.07 Å². The average Bonchev–Trinajstić information content (AvgIpc) is 2.32. The molecule has 0 fully saturated rings. The van der Waals surface area contributed by atoms with Gasteiger partial charge in [0.15, 0.2) is 0 Å². The molecule has 0 bridgehead atoms. The Kier molecular flexibility index (Phi) is 4.56. The van der Waals surface area contributed by atoms with Crippen LogP contribution in [0.5, 0.6) is 0 Å². The summed E-state index contributed by atoms with van der Waals surface area (Å²) in [5, 5.41) is -0.818. The van der Waals surface area contributed by atoms with Gasteiger partial charge in [-0.1, -0.05) is 26.8 Å². The van der Waals surface area contributed by atoms with Gasteiger partial charge in [-0.2, -0.15) is 0 Å². The van der Waals surface area contributed by atoms with Crippen LogP contribution in [0.3, 0.4) is 0 Å². The Morgan fingerprint density at radius 1 is 1.05 bits per heavy atom. The van der Waals surface area contributed by atoms with Crippen molar-refractivity contribution in [3.63, 3.8) is 0 Å². The number of carbonyl (C=O) groups excluding carboxylic acids is 1. The minimum atomic E-state index is -4.15. The van der Waals surface area contributed by atoms with E-state index >= 15 is 0 Å². The van der Waals surface area contributed by atoms with Gasteiger partial charge in [0.25, 0.3) is 15.6 Å². The zero-order valence-corrected chi connectivity index (χ0v) is 14.0. The molecular formula is C15H20N2O3S. The van der Waals surface area contributed by atoms with Gasteiger partial charge < -0.3 is 5.53 Å². The Morgan fingerprint density at radius 3 is 1.95 bits per heavy atom. The summed E-state index contributed by atoms with van der Waals surface area (Å²) in [6.45, 7) is 10.0. The molecule has 114 valence electrons. The summed E-state index contributed by atoms with van der Waals surface area (Å²) in [4.78, 5) is 15.0. The summed E-state index contributed by atoms with van der Waals surface area (Å²) in [5.41, 5.74) is 10.4. The van der Waals surface area contributed by atoms with Crippen LogP contribution in [0.4, 0.5) is 0 Å². The molecule has 1 rings (SSSR count). The number of rotatable bonds is 2. The molecule has 0 aromatic heterocycles. The van der Waals surface area contributed by atoms with Crippen LogP contribution < -0.4 is 0 Å². The first kappa shape index (κ1) is 17.3.